The fourth-order valence-electron chi connectivity index (χ4n) is 2.48. The van der Waals surface area contributed by atoms with Crippen molar-refractivity contribution in [3.8, 4) is 0 Å². The van der Waals surface area contributed by atoms with Gasteiger partial charge in [-0.2, -0.15) is 0 Å². The van der Waals surface area contributed by atoms with E-state index in [1.165, 1.54) is 36.9 Å². The maximum Gasteiger partial charge on any atom is 0.132 e. The van der Waals surface area contributed by atoms with Gasteiger partial charge in [0.25, 0.3) is 0 Å². The van der Waals surface area contributed by atoms with Crippen LogP contribution in [-0.4, -0.2) is 22.4 Å². The van der Waals surface area contributed by atoms with Gasteiger partial charge in [0.15, 0.2) is 0 Å². The molecule has 1 aromatic heterocycles. The quantitative estimate of drug-likeness (QED) is 0.837. The topological polar surface area (TPSA) is 37.8 Å². The Morgan fingerprint density at radius 3 is 2.82 bits per heavy atom. The van der Waals surface area contributed by atoms with Gasteiger partial charge < -0.3 is 5.32 Å². The van der Waals surface area contributed by atoms with Crippen LogP contribution in [0.5, 0.6) is 0 Å². The number of anilines is 1. The van der Waals surface area contributed by atoms with Gasteiger partial charge in [0.2, 0.25) is 0 Å². The van der Waals surface area contributed by atoms with Crippen molar-refractivity contribution < 1.29 is 0 Å². The Morgan fingerprint density at radius 2 is 2.06 bits per heavy atom. The molecule has 0 spiro atoms. The fraction of sp³-hybridized carbons (Fsp3) is 0.692. The Hall–Kier alpha value is -0.830. The molecule has 3 rings (SSSR count). The van der Waals surface area contributed by atoms with Crippen molar-refractivity contribution in [1.82, 2.24) is 9.97 Å². The summed E-state index contributed by atoms with van der Waals surface area (Å²) in [4.78, 5) is 8.77. The fourth-order valence-corrected chi connectivity index (χ4v) is 2.84. The summed E-state index contributed by atoms with van der Waals surface area (Å²) in [5, 5.41) is 3.49. The third-order valence-corrected chi connectivity index (χ3v) is 4.56. The first-order chi connectivity index (χ1) is 8.33. The lowest BCUT2D eigenvalue weighted by Gasteiger charge is -2.19. The molecule has 0 aliphatic heterocycles. The Morgan fingerprint density at radius 1 is 1.24 bits per heavy atom. The molecule has 17 heavy (non-hydrogen) atoms. The zero-order valence-electron chi connectivity index (χ0n) is 10.0. The van der Waals surface area contributed by atoms with E-state index in [4.69, 9.17) is 11.6 Å². The Balaban J connectivity index is 1.74. The predicted octanol–water partition coefficient (Wildman–Crippen LogP) is 2.79. The summed E-state index contributed by atoms with van der Waals surface area (Å²) in [6, 6.07) is 0. The molecule has 1 aromatic rings. The normalized spacial score (nSPS) is 20.8. The number of aromatic nitrogens is 2. The van der Waals surface area contributed by atoms with Crippen LogP contribution in [0, 0.1) is 5.41 Å². The summed E-state index contributed by atoms with van der Waals surface area (Å²) in [7, 11) is 0. The van der Waals surface area contributed by atoms with E-state index >= 15 is 0 Å². The van der Waals surface area contributed by atoms with Gasteiger partial charge in [-0.05, 0) is 38.5 Å². The summed E-state index contributed by atoms with van der Waals surface area (Å²) in [5.41, 5.74) is 2.92. The molecule has 0 unspecified atom stereocenters. The number of rotatable bonds is 4. The van der Waals surface area contributed by atoms with E-state index in [9.17, 15) is 0 Å². The van der Waals surface area contributed by atoms with Crippen LogP contribution in [0.15, 0.2) is 6.33 Å². The first-order valence-corrected chi connectivity index (χ1v) is 6.99. The van der Waals surface area contributed by atoms with Crippen LogP contribution in [0.25, 0.3) is 0 Å². The van der Waals surface area contributed by atoms with Gasteiger partial charge in [-0.25, -0.2) is 9.97 Å². The van der Waals surface area contributed by atoms with Crippen molar-refractivity contribution >= 4 is 17.4 Å². The largest absolute Gasteiger partial charge is 0.369 e. The summed E-state index contributed by atoms with van der Waals surface area (Å²) in [5.74, 6) is 1.80. The zero-order chi connectivity index (χ0) is 11.7. The number of nitrogens with zero attached hydrogens (tertiary/aromatic N) is 2. The van der Waals surface area contributed by atoms with Crippen molar-refractivity contribution in [3.05, 3.63) is 17.6 Å². The SMILES string of the molecule is ClCC1(CNc2ncnc3c2CCCC3)CC1. The molecule has 1 N–H and O–H groups in total. The van der Waals surface area contributed by atoms with Gasteiger partial charge in [0, 0.05) is 29.1 Å². The smallest absolute Gasteiger partial charge is 0.132 e. The highest BCUT2D eigenvalue weighted by Gasteiger charge is 2.41. The van der Waals surface area contributed by atoms with Crippen LogP contribution >= 0.6 is 11.6 Å². The number of hydrogen-bond donors (Lipinski definition) is 1. The number of fused-ring (bicyclic) bond motifs is 1. The van der Waals surface area contributed by atoms with Crippen molar-refractivity contribution in [2.45, 2.75) is 38.5 Å². The Bertz CT molecular complexity index is 415. The zero-order valence-corrected chi connectivity index (χ0v) is 10.8. The van der Waals surface area contributed by atoms with Gasteiger partial charge in [-0.1, -0.05) is 0 Å². The standard InChI is InChI=1S/C13H18ClN3/c14-7-13(5-6-13)8-15-12-10-3-1-2-4-11(10)16-9-17-12/h9H,1-8H2,(H,15,16,17). The van der Waals surface area contributed by atoms with Crippen LogP contribution < -0.4 is 5.32 Å². The molecule has 3 nitrogen and oxygen atoms in total. The minimum atomic E-state index is 0.341. The van der Waals surface area contributed by atoms with Crippen LogP contribution in [0.4, 0.5) is 5.82 Å². The second-order valence-corrected chi connectivity index (χ2v) is 5.61. The lowest BCUT2D eigenvalue weighted by Crippen LogP contribution is -2.20. The third-order valence-electron chi connectivity index (χ3n) is 4.00. The molecule has 0 aromatic carbocycles. The van der Waals surface area contributed by atoms with Crippen molar-refractivity contribution in [3.63, 3.8) is 0 Å². The summed E-state index contributed by atoms with van der Waals surface area (Å²) >= 11 is 5.99. The molecule has 0 bridgehead atoms. The number of halogens is 1. The molecule has 2 aliphatic rings. The van der Waals surface area contributed by atoms with Crippen molar-refractivity contribution in [2.75, 3.05) is 17.7 Å². The molecule has 4 heteroatoms. The Kier molecular flexibility index (Phi) is 2.95. The molecule has 92 valence electrons. The average molecular weight is 252 g/mol. The first-order valence-electron chi connectivity index (χ1n) is 6.46. The van der Waals surface area contributed by atoms with E-state index < -0.39 is 0 Å². The second-order valence-electron chi connectivity index (χ2n) is 5.34. The van der Waals surface area contributed by atoms with Crippen LogP contribution in [0.1, 0.15) is 36.9 Å². The van der Waals surface area contributed by atoms with Crippen LogP contribution in [0.2, 0.25) is 0 Å². The van der Waals surface area contributed by atoms with E-state index in [2.05, 4.69) is 15.3 Å². The van der Waals surface area contributed by atoms with Gasteiger partial charge in [0.05, 0.1) is 0 Å². The highest BCUT2D eigenvalue weighted by Crippen LogP contribution is 2.46. The molecule has 1 heterocycles. The predicted molar refractivity (Wildman–Crippen MR) is 69.6 cm³/mol. The van der Waals surface area contributed by atoms with Crippen LogP contribution in [-0.2, 0) is 12.8 Å². The molecule has 0 amide bonds. The lowest BCUT2D eigenvalue weighted by atomic mass is 9.96. The van der Waals surface area contributed by atoms with Gasteiger partial charge in [-0.3, -0.25) is 0 Å². The minimum Gasteiger partial charge on any atom is -0.369 e. The minimum absolute atomic E-state index is 0.341. The lowest BCUT2D eigenvalue weighted by molar-refractivity contribution is 0.612. The number of alkyl halides is 1. The van der Waals surface area contributed by atoms with E-state index in [1.807, 2.05) is 0 Å². The summed E-state index contributed by atoms with van der Waals surface area (Å²) in [6.07, 6.45) is 8.92. The number of aryl methyl sites for hydroxylation is 1. The Labute approximate surface area is 107 Å². The first kappa shape index (κ1) is 11.3. The van der Waals surface area contributed by atoms with E-state index in [-0.39, 0.29) is 0 Å². The molecule has 0 atom stereocenters. The maximum atomic E-state index is 5.99. The van der Waals surface area contributed by atoms with E-state index in [0.29, 0.717) is 5.41 Å². The molecule has 0 radical (unpaired) electrons. The van der Waals surface area contributed by atoms with Gasteiger partial charge >= 0.3 is 0 Å². The van der Waals surface area contributed by atoms with E-state index in [1.54, 1.807) is 6.33 Å². The summed E-state index contributed by atoms with van der Waals surface area (Å²) in [6.45, 7) is 0.958. The molecule has 1 saturated carbocycles. The number of hydrogen-bond acceptors (Lipinski definition) is 3. The average Bonchev–Trinajstić information content (AvgIpc) is 3.17. The third kappa shape index (κ3) is 2.25. The highest BCUT2D eigenvalue weighted by molar-refractivity contribution is 6.18. The molecular weight excluding hydrogens is 234 g/mol. The maximum absolute atomic E-state index is 5.99. The monoisotopic (exact) mass is 251 g/mol. The molecule has 1 fully saturated rings. The summed E-state index contributed by atoms with van der Waals surface area (Å²) < 4.78 is 0. The molecule has 2 aliphatic carbocycles. The van der Waals surface area contributed by atoms with E-state index in [0.717, 1.165) is 31.1 Å². The van der Waals surface area contributed by atoms with Gasteiger partial charge in [-0.15, -0.1) is 11.6 Å². The highest BCUT2D eigenvalue weighted by atomic mass is 35.5. The van der Waals surface area contributed by atoms with Gasteiger partial charge in [0.1, 0.15) is 12.1 Å². The van der Waals surface area contributed by atoms with Crippen LogP contribution in [0.3, 0.4) is 0 Å². The molecule has 0 saturated heterocycles. The van der Waals surface area contributed by atoms with Crippen molar-refractivity contribution in [2.24, 2.45) is 5.41 Å². The second kappa shape index (κ2) is 4.45. The van der Waals surface area contributed by atoms with Crippen molar-refractivity contribution in [1.29, 1.82) is 0 Å². The molecular formula is C13H18ClN3. The number of nitrogens with one attached hydrogen (secondary N) is 1.